The first-order valence-corrected chi connectivity index (χ1v) is 18.4. The molecule has 0 bridgehead atoms. The van der Waals surface area contributed by atoms with E-state index in [1.54, 1.807) is 18.2 Å². The number of carbonyl (C=O) groups excluding carboxylic acids is 4. The Morgan fingerprint density at radius 3 is 2.42 bits per heavy atom. The largest absolute Gasteiger partial charge is 0.381 e. The van der Waals surface area contributed by atoms with Crippen molar-refractivity contribution in [2.24, 2.45) is 5.92 Å². The molecule has 3 heterocycles. The fraction of sp³-hybridized carbons (Fsp3) is 0.385. The molecule has 12 nitrogen and oxygen atoms in total. The van der Waals surface area contributed by atoms with Crippen LogP contribution in [-0.2, 0) is 32.1 Å². The number of amides is 4. The SMILES string of the molecule is Cc1ccccc1CNC(=O)[C@H]1N(C(=O)[C@@H](O)[C@H](Cc2ccccc2)NC(=O)C(NC(=O)c2cnc3ccccc3n2)C2CCOC2)CSC1(C)C. The van der Waals surface area contributed by atoms with Crippen molar-refractivity contribution in [2.75, 3.05) is 19.1 Å². The standard InChI is InChI=1S/C39H44N6O6S/c1-24-11-7-8-14-26(24)20-41-37(49)34-39(2,3)52-23-45(34)38(50)33(46)30(19-25-12-5-4-6-13-25)43-36(48)32(27-17-18-51-22-27)44-35(47)31-21-40-28-15-9-10-16-29(28)42-31/h4-16,21,27,30,32-34,46H,17-20,22-23H2,1-3H3,(H,41,49)(H,43,48)(H,44,47)/t27?,30-,32?,33-,34+/m0/s1. The molecule has 0 saturated carbocycles. The normalized spacial score (nSPS) is 19.8. The highest BCUT2D eigenvalue weighted by atomic mass is 32.2. The Morgan fingerprint density at radius 1 is 0.981 bits per heavy atom. The molecule has 2 unspecified atom stereocenters. The zero-order valence-electron chi connectivity index (χ0n) is 29.5. The van der Waals surface area contributed by atoms with E-state index in [9.17, 15) is 24.3 Å². The maximum Gasteiger partial charge on any atom is 0.272 e. The first-order valence-electron chi connectivity index (χ1n) is 17.4. The fourth-order valence-electron chi connectivity index (χ4n) is 6.72. The van der Waals surface area contributed by atoms with Gasteiger partial charge in [-0.2, -0.15) is 0 Å². The molecule has 1 aromatic heterocycles. The van der Waals surface area contributed by atoms with Crippen LogP contribution in [0.1, 0.15) is 47.4 Å². The van der Waals surface area contributed by atoms with E-state index in [4.69, 9.17) is 4.74 Å². The molecule has 2 fully saturated rings. The van der Waals surface area contributed by atoms with E-state index in [0.29, 0.717) is 30.6 Å². The van der Waals surface area contributed by atoms with Gasteiger partial charge in [-0.25, -0.2) is 4.98 Å². The number of aryl methyl sites for hydroxylation is 1. The predicted molar refractivity (Wildman–Crippen MR) is 198 cm³/mol. The minimum absolute atomic E-state index is 0.0485. The number of benzene rings is 3. The van der Waals surface area contributed by atoms with E-state index >= 15 is 0 Å². The number of aliphatic hydroxyl groups excluding tert-OH is 1. The van der Waals surface area contributed by atoms with Crippen LogP contribution in [-0.4, -0.2) is 91.7 Å². The topological polar surface area (TPSA) is 163 Å². The Kier molecular flexibility index (Phi) is 11.5. The van der Waals surface area contributed by atoms with Crippen LogP contribution in [0.2, 0.25) is 0 Å². The summed E-state index contributed by atoms with van der Waals surface area (Å²) < 4.78 is 4.94. The molecule has 2 saturated heterocycles. The summed E-state index contributed by atoms with van der Waals surface area (Å²) in [5, 5.41) is 20.5. The average Bonchev–Trinajstić information content (AvgIpc) is 3.80. The highest BCUT2D eigenvalue weighted by molar-refractivity contribution is 8.00. The van der Waals surface area contributed by atoms with E-state index in [2.05, 4.69) is 25.9 Å². The van der Waals surface area contributed by atoms with Gasteiger partial charge in [0, 0.05) is 23.8 Å². The van der Waals surface area contributed by atoms with Crippen LogP contribution < -0.4 is 16.0 Å². The third-order valence-electron chi connectivity index (χ3n) is 9.74. The summed E-state index contributed by atoms with van der Waals surface area (Å²) in [5.74, 6) is -2.34. The third-order valence-corrected chi connectivity index (χ3v) is 11.1. The second kappa shape index (κ2) is 16.2. The summed E-state index contributed by atoms with van der Waals surface area (Å²) in [6.45, 7) is 6.72. The van der Waals surface area contributed by atoms with Crippen molar-refractivity contribution in [3.8, 4) is 0 Å². The van der Waals surface area contributed by atoms with Gasteiger partial charge in [0.25, 0.3) is 11.8 Å². The van der Waals surface area contributed by atoms with Gasteiger partial charge in [-0.15, -0.1) is 11.8 Å². The highest BCUT2D eigenvalue weighted by Gasteiger charge is 2.50. The quantitative estimate of drug-likeness (QED) is 0.172. The Morgan fingerprint density at radius 2 is 1.69 bits per heavy atom. The van der Waals surface area contributed by atoms with Crippen LogP contribution in [0.5, 0.6) is 0 Å². The average molecular weight is 725 g/mol. The van der Waals surface area contributed by atoms with Gasteiger partial charge in [-0.3, -0.25) is 24.2 Å². The summed E-state index contributed by atoms with van der Waals surface area (Å²) in [5.41, 5.74) is 3.99. The number of rotatable bonds is 12. The predicted octanol–water partition coefficient (Wildman–Crippen LogP) is 3.16. The maximum atomic E-state index is 14.2. The van der Waals surface area contributed by atoms with Crippen molar-refractivity contribution < 1.29 is 29.0 Å². The summed E-state index contributed by atoms with van der Waals surface area (Å²) in [6, 6.07) is 21.1. The summed E-state index contributed by atoms with van der Waals surface area (Å²) in [6.07, 6.45) is 0.298. The molecule has 3 aromatic carbocycles. The molecule has 4 N–H and O–H groups in total. The van der Waals surface area contributed by atoms with Crippen molar-refractivity contribution in [2.45, 2.75) is 69.1 Å². The van der Waals surface area contributed by atoms with Gasteiger partial charge in [-0.05, 0) is 62.4 Å². The lowest BCUT2D eigenvalue weighted by Crippen LogP contribution is -2.60. The Bertz CT molecular complexity index is 1920. The lowest BCUT2D eigenvalue weighted by atomic mass is 9.94. The first kappa shape index (κ1) is 36.9. The van der Waals surface area contributed by atoms with E-state index in [1.807, 2.05) is 81.4 Å². The van der Waals surface area contributed by atoms with Gasteiger partial charge in [-0.1, -0.05) is 66.7 Å². The van der Waals surface area contributed by atoms with Crippen molar-refractivity contribution in [3.63, 3.8) is 0 Å². The number of ether oxygens (including phenoxy) is 1. The lowest BCUT2D eigenvalue weighted by molar-refractivity contribution is -0.148. The van der Waals surface area contributed by atoms with Crippen molar-refractivity contribution >= 4 is 46.4 Å². The summed E-state index contributed by atoms with van der Waals surface area (Å²) in [4.78, 5) is 65.7. The molecule has 0 radical (unpaired) electrons. The second-order valence-electron chi connectivity index (χ2n) is 13.8. The second-order valence-corrected chi connectivity index (χ2v) is 15.4. The minimum atomic E-state index is -1.70. The number of hydrogen-bond donors (Lipinski definition) is 4. The van der Waals surface area contributed by atoms with Crippen LogP contribution in [0.4, 0.5) is 0 Å². The number of aromatic nitrogens is 2. The van der Waals surface area contributed by atoms with Gasteiger partial charge in [0.1, 0.15) is 17.8 Å². The van der Waals surface area contributed by atoms with Gasteiger partial charge in [0.2, 0.25) is 11.8 Å². The van der Waals surface area contributed by atoms with E-state index in [1.165, 1.54) is 22.9 Å². The highest BCUT2D eigenvalue weighted by Crippen LogP contribution is 2.40. The number of aliphatic hydroxyl groups is 1. The van der Waals surface area contributed by atoms with Gasteiger partial charge < -0.3 is 30.7 Å². The Labute approximate surface area is 307 Å². The van der Waals surface area contributed by atoms with Crippen LogP contribution in [0.25, 0.3) is 11.0 Å². The number of thioether (sulfide) groups is 1. The Hall–Kier alpha value is -4.85. The molecule has 52 heavy (non-hydrogen) atoms. The van der Waals surface area contributed by atoms with Crippen molar-refractivity contribution in [1.29, 1.82) is 0 Å². The number of nitrogens with one attached hydrogen (secondary N) is 3. The number of para-hydroxylation sites is 2. The zero-order chi connectivity index (χ0) is 36.8. The monoisotopic (exact) mass is 724 g/mol. The molecule has 5 atom stereocenters. The maximum absolute atomic E-state index is 14.2. The van der Waals surface area contributed by atoms with Gasteiger partial charge in [0.15, 0.2) is 6.10 Å². The van der Waals surface area contributed by atoms with Crippen molar-refractivity contribution in [1.82, 2.24) is 30.8 Å². The van der Waals surface area contributed by atoms with E-state index in [0.717, 1.165) is 16.7 Å². The number of carbonyl (C=O) groups is 4. The molecule has 6 rings (SSSR count). The first-order chi connectivity index (χ1) is 25.0. The number of fused-ring (bicyclic) bond motifs is 1. The molecule has 13 heteroatoms. The molecule has 2 aliphatic heterocycles. The molecule has 4 amide bonds. The molecule has 272 valence electrons. The molecule has 0 aliphatic carbocycles. The number of hydrogen-bond acceptors (Lipinski definition) is 9. The van der Waals surface area contributed by atoms with Crippen LogP contribution in [0, 0.1) is 12.8 Å². The Balaban J connectivity index is 1.22. The molecule has 2 aliphatic rings. The summed E-state index contributed by atoms with van der Waals surface area (Å²) >= 11 is 1.44. The smallest absolute Gasteiger partial charge is 0.272 e. The minimum Gasteiger partial charge on any atom is -0.381 e. The van der Waals surface area contributed by atoms with Crippen LogP contribution in [0.15, 0.2) is 85.1 Å². The van der Waals surface area contributed by atoms with Crippen molar-refractivity contribution in [3.05, 3.63) is 107 Å². The van der Waals surface area contributed by atoms with Crippen LogP contribution >= 0.6 is 11.8 Å². The van der Waals surface area contributed by atoms with Gasteiger partial charge in [0.05, 0.1) is 35.8 Å². The van der Waals surface area contributed by atoms with Gasteiger partial charge >= 0.3 is 0 Å². The lowest BCUT2D eigenvalue weighted by Gasteiger charge is -2.34. The van der Waals surface area contributed by atoms with E-state index in [-0.39, 0.29) is 36.4 Å². The fourth-order valence-corrected chi connectivity index (χ4v) is 7.86. The van der Waals surface area contributed by atoms with Crippen LogP contribution in [0.3, 0.4) is 0 Å². The molecule has 0 spiro atoms. The third kappa shape index (κ3) is 8.43. The number of nitrogens with zero attached hydrogens (tertiary/aromatic N) is 3. The zero-order valence-corrected chi connectivity index (χ0v) is 30.3. The molecule has 4 aromatic rings. The molecular formula is C39H44N6O6S. The summed E-state index contributed by atoms with van der Waals surface area (Å²) in [7, 11) is 0. The molecular weight excluding hydrogens is 681 g/mol. The van der Waals surface area contributed by atoms with E-state index < -0.39 is 46.7 Å².